The van der Waals surface area contributed by atoms with Crippen LogP contribution in [0.25, 0.3) is 0 Å². The Bertz CT molecular complexity index is 477. The van der Waals surface area contributed by atoms with Gasteiger partial charge in [0.2, 0.25) is 5.91 Å². The van der Waals surface area contributed by atoms with Crippen molar-refractivity contribution in [3.05, 3.63) is 38.3 Å². The lowest BCUT2D eigenvalue weighted by molar-refractivity contribution is -0.385. The molecule has 0 fully saturated rings. The minimum atomic E-state index is -0.427. The Kier molecular flexibility index (Phi) is 5.91. The molecule has 0 aliphatic rings. The van der Waals surface area contributed by atoms with Gasteiger partial charge in [0, 0.05) is 39.7 Å². The van der Waals surface area contributed by atoms with Crippen molar-refractivity contribution in [3.63, 3.8) is 0 Å². The molecule has 1 amide bonds. The molecule has 7 heteroatoms. The topological polar surface area (TPSA) is 75.5 Å². The average Bonchev–Trinajstić information content (AvgIpc) is 2.35. The summed E-state index contributed by atoms with van der Waals surface area (Å²) in [5.41, 5.74) is 0.843. The van der Waals surface area contributed by atoms with Gasteiger partial charge in [0.05, 0.1) is 9.40 Å². The van der Waals surface area contributed by atoms with E-state index < -0.39 is 4.92 Å². The highest BCUT2D eigenvalue weighted by Crippen LogP contribution is 2.27. The molecule has 1 aromatic rings. The quantitative estimate of drug-likeness (QED) is 0.491. The van der Waals surface area contributed by atoms with Crippen LogP contribution in [0.5, 0.6) is 0 Å². The lowest BCUT2D eigenvalue weighted by Crippen LogP contribution is -2.26. The first kappa shape index (κ1) is 15.6. The minimum absolute atomic E-state index is 0.0451. The van der Waals surface area contributed by atoms with Gasteiger partial charge in [-0.2, -0.15) is 0 Å². The maximum Gasteiger partial charge on any atom is 0.283 e. The number of nitro benzene ring substituents is 1. The number of hydrogen-bond donors (Lipinski definition) is 1. The third-order valence-electron chi connectivity index (χ3n) is 2.58. The Morgan fingerprint density at radius 1 is 1.47 bits per heavy atom. The van der Waals surface area contributed by atoms with Crippen molar-refractivity contribution >= 4 is 27.5 Å². The Morgan fingerprint density at radius 2 is 2.16 bits per heavy atom. The molecule has 0 radical (unpaired) electrons. The fraction of sp³-hybridized carbons (Fsp3) is 0.417. The number of rotatable bonds is 6. The monoisotopic (exact) mass is 329 g/mol. The van der Waals surface area contributed by atoms with E-state index in [0.29, 0.717) is 24.0 Å². The first-order chi connectivity index (χ1) is 8.93. The normalized spacial score (nSPS) is 10.3. The van der Waals surface area contributed by atoms with Crippen LogP contribution in [0.4, 0.5) is 5.69 Å². The maximum atomic E-state index is 11.4. The summed E-state index contributed by atoms with van der Waals surface area (Å²) in [4.78, 5) is 23.2. The van der Waals surface area contributed by atoms with E-state index in [-0.39, 0.29) is 11.6 Å². The zero-order valence-electron chi connectivity index (χ0n) is 10.9. The molecule has 1 rings (SSSR count). The molecule has 1 N–H and O–H groups in total. The highest BCUT2D eigenvalue weighted by Gasteiger charge is 2.14. The van der Waals surface area contributed by atoms with Gasteiger partial charge in [-0.05, 0) is 21.5 Å². The second-order valence-electron chi connectivity index (χ2n) is 4.22. The number of benzene rings is 1. The van der Waals surface area contributed by atoms with Gasteiger partial charge in [-0.3, -0.25) is 14.9 Å². The maximum absolute atomic E-state index is 11.4. The smallest absolute Gasteiger partial charge is 0.283 e. The van der Waals surface area contributed by atoms with Gasteiger partial charge in [0.15, 0.2) is 0 Å². The minimum Gasteiger partial charge on any atom is -0.349 e. The number of nitrogens with one attached hydrogen (secondary N) is 1. The zero-order valence-corrected chi connectivity index (χ0v) is 12.4. The largest absolute Gasteiger partial charge is 0.349 e. The predicted octanol–water partition coefficient (Wildman–Crippen LogP) is 1.93. The number of amides is 1. The molecule has 0 saturated heterocycles. The van der Waals surface area contributed by atoms with E-state index >= 15 is 0 Å². The fourth-order valence-electron chi connectivity index (χ4n) is 1.49. The zero-order chi connectivity index (χ0) is 14.4. The molecule has 0 unspecified atom stereocenters. The van der Waals surface area contributed by atoms with Crippen molar-refractivity contribution in [2.45, 2.75) is 13.0 Å². The molecule has 1 aromatic carbocycles. The summed E-state index contributed by atoms with van der Waals surface area (Å²) >= 11 is 3.23. The molecule has 0 heterocycles. The second-order valence-corrected chi connectivity index (χ2v) is 5.02. The molecule has 0 bridgehead atoms. The van der Waals surface area contributed by atoms with Crippen molar-refractivity contribution < 1.29 is 9.72 Å². The summed E-state index contributed by atoms with van der Waals surface area (Å²) in [6, 6.07) is 4.89. The molecular formula is C12H16BrN3O3. The van der Waals surface area contributed by atoms with Crippen LogP contribution in [-0.2, 0) is 11.3 Å². The number of carbonyl (C=O) groups excluding carboxylic acids is 1. The summed E-state index contributed by atoms with van der Waals surface area (Å²) in [7, 11) is 3.42. The number of carbonyl (C=O) groups is 1. The fourth-order valence-corrected chi connectivity index (χ4v) is 2.04. The predicted molar refractivity (Wildman–Crippen MR) is 75.8 cm³/mol. The van der Waals surface area contributed by atoms with Crippen LogP contribution in [0.15, 0.2) is 22.7 Å². The molecule has 0 atom stereocenters. The number of nitro groups is 1. The highest BCUT2D eigenvalue weighted by molar-refractivity contribution is 9.10. The van der Waals surface area contributed by atoms with Gasteiger partial charge >= 0.3 is 0 Å². The third-order valence-corrected chi connectivity index (χ3v) is 3.50. The Hall–Kier alpha value is -1.47. The second kappa shape index (κ2) is 7.20. The van der Waals surface area contributed by atoms with E-state index in [1.165, 1.54) is 11.0 Å². The first-order valence-electron chi connectivity index (χ1n) is 5.76. The number of hydrogen-bond acceptors (Lipinski definition) is 4. The van der Waals surface area contributed by atoms with E-state index in [1.807, 2.05) is 0 Å². The van der Waals surface area contributed by atoms with Crippen LogP contribution in [0.1, 0.15) is 12.0 Å². The lowest BCUT2D eigenvalue weighted by atomic mass is 10.2. The summed E-state index contributed by atoms with van der Waals surface area (Å²) < 4.78 is 0.478. The van der Waals surface area contributed by atoms with Crippen molar-refractivity contribution in [1.29, 1.82) is 0 Å². The van der Waals surface area contributed by atoms with E-state index in [0.717, 1.165) is 5.56 Å². The molecule has 0 saturated carbocycles. The SMILES string of the molecule is CN(C)C(=O)CCNCc1cccc([N+](=O)[O-])c1Br. The summed E-state index contributed by atoms with van der Waals surface area (Å²) in [5.74, 6) is 0.0469. The van der Waals surface area contributed by atoms with Crippen LogP contribution in [0, 0.1) is 10.1 Å². The van der Waals surface area contributed by atoms with Crippen molar-refractivity contribution in [1.82, 2.24) is 10.2 Å². The van der Waals surface area contributed by atoms with Gasteiger partial charge in [-0.1, -0.05) is 12.1 Å². The molecule has 0 aromatic heterocycles. The molecule has 104 valence electrons. The Balaban J connectivity index is 2.53. The number of halogens is 1. The van der Waals surface area contributed by atoms with E-state index in [4.69, 9.17) is 0 Å². The standard InChI is InChI=1S/C12H16BrN3O3/c1-15(2)11(17)6-7-14-8-9-4-3-5-10(12(9)13)16(18)19/h3-5,14H,6-8H2,1-2H3. The van der Waals surface area contributed by atoms with Crippen molar-refractivity contribution in [2.75, 3.05) is 20.6 Å². The van der Waals surface area contributed by atoms with Crippen LogP contribution in [0.2, 0.25) is 0 Å². The lowest BCUT2D eigenvalue weighted by Gasteiger charge is -2.11. The molecule has 6 nitrogen and oxygen atoms in total. The Labute approximate surface area is 120 Å². The van der Waals surface area contributed by atoms with Gasteiger partial charge in [-0.15, -0.1) is 0 Å². The van der Waals surface area contributed by atoms with Crippen LogP contribution < -0.4 is 5.32 Å². The van der Waals surface area contributed by atoms with Crippen LogP contribution in [-0.4, -0.2) is 36.4 Å². The van der Waals surface area contributed by atoms with Gasteiger partial charge in [0.1, 0.15) is 0 Å². The van der Waals surface area contributed by atoms with Gasteiger partial charge in [-0.25, -0.2) is 0 Å². The van der Waals surface area contributed by atoms with Crippen LogP contribution in [0.3, 0.4) is 0 Å². The first-order valence-corrected chi connectivity index (χ1v) is 6.55. The summed E-state index contributed by atoms with van der Waals surface area (Å²) in [5, 5.41) is 13.9. The summed E-state index contributed by atoms with van der Waals surface area (Å²) in [6.07, 6.45) is 0.402. The van der Waals surface area contributed by atoms with E-state index in [1.54, 1.807) is 26.2 Å². The number of nitrogens with zero attached hydrogens (tertiary/aromatic N) is 2. The summed E-state index contributed by atoms with van der Waals surface area (Å²) in [6.45, 7) is 1.01. The van der Waals surface area contributed by atoms with Crippen molar-refractivity contribution in [3.8, 4) is 0 Å². The third kappa shape index (κ3) is 4.60. The molecule has 0 spiro atoms. The van der Waals surface area contributed by atoms with E-state index in [9.17, 15) is 14.9 Å². The highest BCUT2D eigenvalue weighted by atomic mass is 79.9. The van der Waals surface area contributed by atoms with E-state index in [2.05, 4.69) is 21.2 Å². The Morgan fingerprint density at radius 3 is 2.74 bits per heavy atom. The van der Waals surface area contributed by atoms with Gasteiger partial charge in [0.25, 0.3) is 5.69 Å². The molecule has 0 aliphatic heterocycles. The van der Waals surface area contributed by atoms with Crippen LogP contribution >= 0.6 is 15.9 Å². The van der Waals surface area contributed by atoms with Gasteiger partial charge < -0.3 is 10.2 Å². The average molecular weight is 330 g/mol. The molecule has 19 heavy (non-hydrogen) atoms. The van der Waals surface area contributed by atoms with Crippen molar-refractivity contribution in [2.24, 2.45) is 0 Å². The molecule has 0 aliphatic carbocycles. The molecular weight excluding hydrogens is 314 g/mol.